The number of carbonyl (C=O) groups is 2. The number of rotatable bonds is 6. The highest BCUT2D eigenvalue weighted by atomic mass is 19.1. The lowest BCUT2D eigenvalue weighted by molar-refractivity contribution is -0.122. The minimum atomic E-state index is -0.302. The maximum atomic E-state index is 13.2. The molecule has 0 atom stereocenters. The molecule has 1 aromatic carbocycles. The van der Waals surface area contributed by atoms with E-state index >= 15 is 0 Å². The third-order valence-electron chi connectivity index (χ3n) is 4.87. The number of benzene rings is 1. The van der Waals surface area contributed by atoms with Crippen molar-refractivity contribution in [3.05, 3.63) is 47.0 Å². The number of amides is 2. The highest BCUT2D eigenvalue weighted by molar-refractivity contribution is 5.94. The molecule has 0 saturated heterocycles. The number of aromatic nitrogens is 2. The highest BCUT2D eigenvalue weighted by Gasteiger charge is 2.29. The Morgan fingerprint density at radius 1 is 1.12 bits per heavy atom. The van der Waals surface area contributed by atoms with Crippen LogP contribution in [0.1, 0.15) is 41.0 Å². The van der Waals surface area contributed by atoms with Gasteiger partial charge in [-0.1, -0.05) is 0 Å². The smallest absolute Gasteiger partial charge is 0.272 e. The van der Waals surface area contributed by atoms with Crippen LogP contribution >= 0.6 is 0 Å². The second kappa shape index (κ2) is 6.90. The molecule has 6 nitrogen and oxygen atoms in total. The summed E-state index contributed by atoms with van der Waals surface area (Å²) in [5, 5.41) is 10.1. The van der Waals surface area contributed by atoms with Crippen LogP contribution in [0.2, 0.25) is 0 Å². The second-order valence-electron chi connectivity index (χ2n) is 6.84. The predicted octanol–water partition coefficient (Wildman–Crippen LogP) is 1.76. The third-order valence-corrected chi connectivity index (χ3v) is 4.87. The summed E-state index contributed by atoms with van der Waals surface area (Å²) in [6.45, 7) is 0.789. The van der Waals surface area contributed by atoms with E-state index < -0.39 is 0 Å². The maximum Gasteiger partial charge on any atom is 0.272 e. The van der Waals surface area contributed by atoms with Crippen molar-refractivity contribution in [2.45, 2.75) is 32.1 Å². The van der Waals surface area contributed by atoms with Crippen molar-refractivity contribution in [2.75, 3.05) is 13.1 Å². The van der Waals surface area contributed by atoms with Crippen LogP contribution in [0.15, 0.2) is 24.3 Å². The van der Waals surface area contributed by atoms with Gasteiger partial charge in [0.1, 0.15) is 5.82 Å². The van der Waals surface area contributed by atoms with Gasteiger partial charge in [-0.05, 0) is 56.4 Å². The predicted molar refractivity (Wildman–Crippen MR) is 93.6 cm³/mol. The molecule has 0 radical (unpaired) electrons. The van der Waals surface area contributed by atoms with Crippen LogP contribution < -0.4 is 10.6 Å². The molecule has 1 saturated carbocycles. The summed E-state index contributed by atoms with van der Waals surface area (Å²) in [6.07, 6.45) is 4.57. The Kier molecular flexibility index (Phi) is 4.44. The van der Waals surface area contributed by atoms with Gasteiger partial charge >= 0.3 is 0 Å². The molecule has 2 aliphatic rings. The van der Waals surface area contributed by atoms with Gasteiger partial charge in [-0.25, -0.2) is 9.07 Å². The summed E-state index contributed by atoms with van der Waals surface area (Å²) < 4.78 is 14.9. The number of nitrogens with one attached hydrogen (secondary N) is 2. The molecule has 2 aromatic rings. The van der Waals surface area contributed by atoms with E-state index in [2.05, 4.69) is 15.7 Å². The zero-order chi connectivity index (χ0) is 18.1. The lowest BCUT2D eigenvalue weighted by atomic mass is 10.2. The monoisotopic (exact) mass is 356 g/mol. The van der Waals surface area contributed by atoms with Gasteiger partial charge in [0, 0.05) is 30.3 Å². The summed E-state index contributed by atoms with van der Waals surface area (Å²) in [7, 11) is 0. The van der Waals surface area contributed by atoms with Gasteiger partial charge in [0.05, 0.1) is 5.69 Å². The van der Waals surface area contributed by atoms with E-state index in [-0.39, 0.29) is 23.5 Å². The molecule has 2 amide bonds. The quantitative estimate of drug-likeness (QED) is 0.775. The Hall–Kier alpha value is -2.70. The van der Waals surface area contributed by atoms with Gasteiger partial charge in [-0.2, -0.15) is 5.10 Å². The van der Waals surface area contributed by atoms with E-state index in [0.717, 1.165) is 49.0 Å². The Morgan fingerprint density at radius 2 is 1.85 bits per heavy atom. The van der Waals surface area contributed by atoms with Crippen molar-refractivity contribution in [1.82, 2.24) is 20.4 Å². The van der Waals surface area contributed by atoms with E-state index in [1.165, 1.54) is 12.1 Å². The maximum absolute atomic E-state index is 13.2. The van der Waals surface area contributed by atoms with Gasteiger partial charge in [0.25, 0.3) is 5.91 Å². The van der Waals surface area contributed by atoms with Crippen molar-refractivity contribution in [2.24, 2.45) is 5.92 Å². The fourth-order valence-electron chi connectivity index (χ4n) is 3.35. The highest BCUT2D eigenvalue weighted by Crippen LogP contribution is 2.29. The number of halogens is 1. The average molecular weight is 356 g/mol. The van der Waals surface area contributed by atoms with Gasteiger partial charge in [0.15, 0.2) is 5.69 Å². The molecule has 26 heavy (non-hydrogen) atoms. The number of fused-ring (bicyclic) bond motifs is 1. The molecule has 0 bridgehead atoms. The minimum Gasteiger partial charge on any atom is -0.354 e. The lowest BCUT2D eigenvalue weighted by Gasteiger charge is -2.06. The van der Waals surface area contributed by atoms with E-state index in [1.54, 1.807) is 16.8 Å². The first-order valence-electron chi connectivity index (χ1n) is 9.06. The molecule has 136 valence electrons. The molecular weight excluding hydrogens is 335 g/mol. The second-order valence-corrected chi connectivity index (χ2v) is 6.84. The molecule has 1 heterocycles. The van der Waals surface area contributed by atoms with Crippen molar-refractivity contribution >= 4 is 11.8 Å². The first-order valence-corrected chi connectivity index (χ1v) is 9.06. The normalized spacial score (nSPS) is 15.6. The van der Waals surface area contributed by atoms with Crippen molar-refractivity contribution in [1.29, 1.82) is 0 Å². The topological polar surface area (TPSA) is 76.0 Å². The number of nitrogens with zero attached hydrogens (tertiary/aromatic N) is 2. The molecule has 0 unspecified atom stereocenters. The standard InChI is InChI=1S/C19H21FN4O2/c20-13-6-8-14(9-7-13)24-16-3-1-2-15(16)17(23-24)19(26)22-11-10-21-18(25)12-4-5-12/h6-9,12H,1-5,10-11H2,(H,21,25)(H,22,26). The summed E-state index contributed by atoms with van der Waals surface area (Å²) >= 11 is 0. The first-order chi connectivity index (χ1) is 12.6. The summed E-state index contributed by atoms with van der Waals surface area (Å²) in [6, 6.07) is 6.10. The van der Waals surface area contributed by atoms with E-state index in [9.17, 15) is 14.0 Å². The lowest BCUT2D eigenvalue weighted by Crippen LogP contribution is -2.35. The van der Waals surface area contributed by atoms with Gasteiger partial charge < -0.3 is 10.6 Å². The molecule has 4 rings (SSSR count). The molecule has 0 spiro atoms. The van der Waals surface area contributed by atoms with E-state index in [0.29, 0.717) is 18.8 Å². The molecular formula is C19H21FN4O2. The van der Waals surface area contributed by atoms with Crippen LogP contribution in [0.3, 0.4) is 0 Å². The Bertz CT molecular complexity index is 840. The summed E-state index contributed by atoms with van der Waals surface area (Å²) in [4.78, 5) is 24.1. The van der Waals surface area contributed by atoms with E-state index in [4.69, 9.17) is 0 Å². The minimum absolute atomic E-state index is 0.0701. The number of carbonyl (C=O) groups excluding carboxylic acids is 2. The molecule has 2 aliphatic carbocycles. The Labute approximate surface area is 150 Å². The SMILES string of the molecule is O=C(NCCNC(=O)C1CC1)c1nn(-c2ccc(F)cc2)c2c1CCC2. The number of hydrogen-bond acceptors (Lipinski definition) is 3. The Balaban J connectivity index is 1.44. The largest absolute Gasteiger partial charge is 0.354 e. The fourth-order valence-corrected chi connectivity index (χ4v) is 3.35. The summed E-state index contributed by atoms with van der Waals surface area (Å²) in [5.41, 5.74) is 3.16. The molecule has 0 aliphatic heterocycles. The molecule has 7 heteroatoms. The van der Waals surface area contributed by atoms with Crippen LogP contribution in [0.25, 0.3) is 5.69 Å². The van der Waals surface area contributed by atoms with Gasteiger partial charge in [-0.15, -0.1) is 0 Å². The zero-order valence-corrected chi connectivity index (χ0v) is 14.4. The van der Waals surface area contributed by atoms with Gasteiger partial charge in [0.2, 0.25) is 5.91 Å². The molecule has 1 fully saturated rings. The van der Waals surface area contributed by atoms with Gasteiger partial charge in [-0.3, -0.25) is 9.59 Å². The van der Waals surface area contributed by atoms with Crippen LogP contribution in [0.5, 0.6) is 0 Å². The summed E-state index contributed by atoms with van der Waals surface area (Å²) in [5.74, 6) is -0.297. The number of hydrogen-bond donors (Lipinski definition) is 2. The third kappa shape index (κ3) is 3.34. The first kappa shape index (κ1) is 16.8. The van der Waals surface area contributed by atoms with Crippen LogP contribution in [-0.2, 0) is 17.6 Å². The van der Waals surface area contributed by atoms with Crippen LogP contribution in [0, 0.1) is 11.7 Å². The van der Waals surface area contributed by atoms with Crippen LogP contribution in [0.4, 0.5) is 4.39 Å². The molecule has 2 N–H and O–H groups in total. The zero-order valence-electron chi connectivity index (χ0n) is 14.4. The fraction of sp³-hybridized carbons (Fsp3) is 0.421. The van der Waals surface area contributed by atoms with Crippen molar-refractivity contribution < 1.29 is 14.0 Å². The van der Waals surface area contributed by atoms with Crippen molar-refractivity contribution in [3.8, 4) is 5.69 Å². The van der Waals surface area contributed by atoms with Crippen molar-refractivity contribution in [3.63, 3.8) is 0 Å². The molecule has 1 aromatic heterocycles. The van der Waals surface area contributed by atoms with Crippen LogP contribution in [-0.4, -0.2) is 34.7 Å². The average Bonchev–Trinajstić information content (AvgIpc) is 3.27. The van der Waals surface area contributed by atoms with E-state index in [1.807, 2.05) is 0 Å². The Morgan fingerprint density at radius 3 is 2.58 bits per heavy atom.